The van der Waals surface area contributed by atoms with Crippen molar-refractivity contribution >= 4 is 21.9 Å². The lowest BCUT2D eigenvalue weighted by Gasteiger charge is -2.14. The number of carbonyl (C=O) groups excluding carboxylic acids is 1. The fourth-order valence-electron chi connectivity index (χ4n) is 1.49. The van der Waals surface area contributed by atoms with Crippen molar-refractivity contribution in [3.8, 4) is 0 Å². The first-order valence-electron chi connectivity index (χ1n) is 4.51. The third kappa shape index (κ3) is 2.37. The van der Waals surface area contributed by atoms with E-state index in [4.69, 9.17) is 0 Å². The molecule has 15 heavy (non-hydrogen) atoms. The smallest absolute Gasteiger partial charge is 0.312 e. The second-order valence-corrected chi connectivity index (χ2v) is 4.19. The van der Waals surface area contributed by atoms with E-state index in [-0.39, 0.29) is 0 Å². The molecule has 0 heterocycles. The Bertz CT molecular complexity index is 390. The summed E-state index contributed by atoms with van der Waals surface area (Å²) in [6, 6.07) is 3.39. The maximum absolute atomic E-state index is 13.8. The van der Waals surface area contributed by atoms with Crippen LogP contribution in [0.25, 0.3) is 0 Å². The first kappa shape index (κ1) is 12.2. The molecule has 0 spiro atoms. The minimum absolute atomic E-state index is 0.360. The number of halogens is 2. The van der Waals surface area contributed by atoms with Crippen LogP contribution >= 0.6 is 15.9 Å². The lowest BCUT2D eigenvalue weighted by molar-refractivity contribution is -0.142. The number of esters is 1. The van der Waals surface area contributed by atoms with Crippen molar-refractivity contribution in [2.24, 2.45) is 0 Å². The second-order valence-electron chi connectivity index (χ2n) is 3.34. The standard InChI is InChI=1S/C11H12BrFO2/c1-6-4-5-8(12)10(13)9(6)7(2)11(14)15-3/h4-5,7H,1-3H3. The van der Waals surface area contributed by atoms with Crippen LogP contribution in [0.2, 0.25) is 0 Å². The zero-order valence-corrected chi connectivity index (χ0v) is 10.4. The Morgan fingerprint density at radius 3 is 2.67 bits per heavy atom. The molecule has 0 saturated heterocycles. The van der Waals surface area contributed by atoms with Gasteiger partial charge in [0.1, 0.15) is 5.82 Å². The van der Waals surface area contributed by atoms with Gasteiger partial charge >= 0.3 is 5.97 Å². The molecule has 0 aliphatic carbocycles. The van der Waals surface area contributed by atoms with Crippen molar-refractivity contribution in [2.45, 2.75) is 19.8 Å². The Hall–Kier alpha value is -0.900. The fraction of sp³-hybridized carbons (Fsp3) is 0.364. The number of carbonyl (C=O) groups is 1. The first-order chi connectivity index (χ1) is 6.99. The highest BCUT2D eigenvalue weighted by molar-refractivity contribution is 9.10. The number of hydrogen-bond donors (Lipinski definition) is 0. The van der Waals surface area contributed by atoms with Gasteiger partial charge in [0.15, 0.2) is 0 Å². The van der Waals surface area contributed by atoms with E-state index < -0.39 is 17.7 Å². The molecule has 2 nitrogen and oxygen atoms in total. The van der Waals surface area contributed by atoms with E-state index in [0.29, 0.717) is 10.0 Å². The predicted octanol–water partition coefficient (Wildman–Crippen LogP) is 3.17. The van der Waals surface area contributed by atoms with Crippen LogP contribution in [0, 0.1) is 12.7 Å². The van der Waals surface area contributed by atoms with Gasteiger partial charge in [-0.3, -0.25) is 4.79 Å². The molecular formula is C11H12BrFO2. The molecule has 0 N–H and O–H groups in total. The average Bonchev–Trinajstić information content (AvgIpc) is 2.22. The van der Waals surface area contributed by atoms with Crippen LogP contribution in [0.3, 0.4) is 0 Å². The molecular weight excluding hydrogens is 263 g/mol. The number of rotatable bonds is 2. The lowest BCUT2D eigenvalue weighted by atomic mass is 9.96. The summed E-state index contributed by atoms with van der Waals surface area (Å²) in [7, 11) is 1.30. The van der Waals surface area contributed by atoms with E-state index in [9.17, 15) is 9.18 Å². The van der Waals surface area contributed by atoms with Crippen LogP contribution < -0.4 is 0 Å². The fourth-order valence-corrected chi connectivity index (χ4v) is 1.83. The molecule has 0 fully saturated rings. The van der Waals surface area contributed by atoms with Crippen LogP contribution in [-0.2, 0) is 9.53 Å². The molecule has 0 aromatic heterocycles. The van der Waals surface area contributed by atoms with Crippen LogP contribution in [0.15, 0.2) is 16.6 Å². The largest absolute Gasteiger partial charge is 0.469 e. The summed E-state index contributed by atoms with van der Waals surface area (Å²) in [5.74, 6) is -1.42. The maximum Gasteiger partial charge on any atom is 0.312 e. The normalized spacial score (nSPS) is 12.3. The number of ether oxygens (including phenoxy) is 1. The van der Waals surface area contributed by atoms with Gasteiger partial charge in [-0.15, -0.1) is 0 Å². The van der Waals surface area contributed by atoms with Crippen LogP contribution in [0.1, 0.15) is 24.0 Å². The highest BCUT2D eigenvalue weighted by Gasteiger charge is 2.22. The average molecular weight is 275 g/mol. The molecule has 0 saturated carbocycles. The predicted molar refractivity (Wildman–Crippen MR) is 59.3 cm³/mol. The van der Waals surface area contributed by atoms with E-state index in [1.807, 2.05) is 0 Å². The highest BCUT2D eigenvalue weighted by atomic mass is 79.9. The Balaban J connectivity index is 3.24. The summed E-state index contributed by atoms with van der Waals surface area (Å²) < 4.78 is 18.7. The minimum Gasteiger partial charge on any atom is -0.469 e. The van der Waals surface area contributed by atoms with E-state index in [0.717, 1.165) is 5.56 Å². The summed E-state index contributed by atoms with van der Waals surface area (Å²) in [5, 5.41) is 0. The second kappa shape index (κ2) is 4.75. The molecule has 0 aliphatic rings. The molecule has 1 rings (SSSR count). The molecule has 1 aromatic carbocycles. The zero-order chi connectivity index (χ0) is 11.6. The number of benzene rings is 1. The highest BCUT2D eigenvalue weighted by Crippen LogP contribution is 2.28. The summed E-state index contributed by atoms with van der Waals surface area (Å²) in [5.41, 5.74) is 1.13. The van der Waals surface area contributed by atoms with Crippen molar-refractivity contribution < 1.29 is 13.9 Å². The third-order valence-electron chi connectivity index (χ3n) is 2.34. The first-order valence-corrected chi connectivity index (χ1v) is 5.30. The quantitative estimate of drug-likeness (QED) is 0.775. The Morgan fingerprint density at radius 2 is 2.13 bits per heavy atom. The number of methoxy groups -OCH3 is 1. The van der Waals surface area contributed by atoms with Gasteiger partial charge < -0.3 is 4.74 Å². The molecule has 1 unspecified atom stereocenters. The van der Waals surface area contributed by atoms with Gasteiger partial charge in [-0.2, -0.15) is 0 Å². The minimum atomic E-state index is -0.590. The van der Waals surface area contributed by atoms with Crippen molar-refractivity contribution in [1.82, 2.24) is 0 Å². The summed E-state index contributed by atoms with van der Waals surface area (Å²) >= 11 is 3.09. The van der Waals surface area contributed by atoms with E-state index in [1.165, 1.54) is 7.11 Å². The third-order valence-corrected chi connectivity index (χ3v) is 2.95. The summed E-state index contributed by atoms with van der Waals surface area (Å²) in [4.78, 5) is 11.3. The SMILES string of the molecule is COC(=O)C(C)c1c(C)ccc(Br)c1F. The molecule has 1 atom stereocenters. The van der Waals surface area contributed by atoms with Crippen molar-refractivity contribution in [3.63, 3.8) is 0 Å². The van der Waals surface area contributed by atoms with Gasteiger partial charge in [0.05, 0.1) is 17.5 Å². The lowest BCUT2D eigenvalue weighted by Crippen LogP contribution is -2.14. The van der Waals surface area contributed by atoms with Gasteiger partial charge in [0.2, 0.25) is 0 Å². The van der Waals surface area contributed by atoms with Gasteiger partial charge in [0.25, 0.3) is 0 Å². The van der Waals surface area contributed by atoms with Crippen molar-refractivity contribution in [2.75, 3.05) is 7.11 Å². The van der Waals surface area contributed by atoms with E-state index in [2.05, 4.69) is 20.7 Å². The molecule has 4 heteroatoms. The van der Waals surface area contributed by atoms with Crippen LogP contribution in [0.5, 0.6) is 0 Å². The number of aryl methyl sites for hydroxylation is 1. The molecule has 1 aromatic rings. The Morgan fingerprint density at radius 1 is 1.53 bits per heavy atom. The molecule has 0 aliphatic heterocycles. The van der Waals surface area contributed by atoms with Gasteiger partial charge in [-0.25, -0.2) is 4.39 Å². The molecule has 0 amide bonds. The van der Waals surface area contributed by atoms with Crippen LogP contribution in [0.4, 0.5) is 4.39 Å². The summed E-state index contributed by atoms with van der Waals surface area (Å²) in [6.07, 6.45) is 0. The topological polar surface area (TPSA) is 26.3 Å². The van der Waals surface area contributed by atoms with Crippen molar-refractivity contribution in [3.05, 3.63) is 33.5 Å². The zero-order valence-electron chi connectivity index (χ0n) is 8.80. The Labute approximate surface area is 96.6 Å². The van der Waals surface area contributed by atoms with Gasteiger partial charge in [0, 0.05) is 5.56 Å². The van der Waals surface area contributed by atoms with E-state index in [1.54, 1.807) is 26.0 Å². The summed E-state index contributed by atoms with van der Waals surface area (Å²) in [6.45, 7) is 3.40. The van der Waals surface area contributed by atoms with Crippen molar-refractivity contribution in [1.29, 1.82) is 0 Å². The molecule has 0 radical (unpaired) electrons. The monoisotopic (exact) mass is 274 g/mol. The van der Waals surface area contributed by atoms with E-state index >= 15 is 0 Å². The Kier molecular flexibility index (Phi) is 3.85. The number of hydrogen-bond acceptors (Lipinski definition) is 2. The van der Waals surface area contributed by atoms with Crippen LogP contribution in [-0.4, -0.2) is 13.1 Å². The maximum atomic E-state index is 13.8. The van der Waals surface area contributed by atoms with Gasteiger partial charge in [-0.05, 0) is 41.4 Å². The molecule has 82 valence electrons. The van der Waals surface area contributed by atoms with Gasteiger partial charge in [-0.1, -0.05) is 6.07 Å². The molecule has 0 bridgehead atoms.